The largest absolute Gasteiger partial charge is 0.506 e. The fraction of sp³-hybridized carbons (Fsp3) is 0.0909. The first-order valence-corrected chi connectivity index (χ1v) is 5.72. The number of nitrogens with two attached hydrogens (primary N) is 1. The van der Waals surface area contributed by atoms with Gasteiger partial charge in [0.1, 0.15) is 5.75 Å². The van der Waals surface area contributed by atoms with Gasteiger partial charge in [0.25, 0.3) is 0 Å². The van der Waals surface area contributed by atoms with Crippen LogP contribution < -0.4 is 5.73 Å². The van der Waals surface area contributed by atoms with Crippen LogP contribution in [0.2, 0.25) is 5.02 Å². The van der Waals surface area contributed by atoms with Gasteiger partial charge in [-0.15, -0.1) is 23.7 Å². The number of phenolic OH excluding ortho intramolecular Hbond substituents is 1. The Morgan fingerprint density at radius 3 is 2.62 bits per heavy atom. The van der Waals surface area contributed by atoms with E-state index >= 15 is 0 Å². The Balaban J connectivity index is 0.00000128. The van der Waals surface area contributed by atoms with Gasteiger partial charge in [-0.3, -0.25) is 0 Å². The van der Waals surface area contributed by atoms with Crippen molar-refractivity contribution in [1.29, 1.82) is 0 Å². The molecule has 86 valence electrons. The fourth-order valence-electron chi connectivity index (χ4n) is 1.40. The fourth-order valence-corrected chi connectivity index (χ4v) is 2.33. The summed E-state index contributed by atoms with van der Waals surface area (Å²) in [5, 5.41) is 12.0. The summed E-state index contributed by atoms with van der Waals surface area (Å²) in [5.41, 5.74) is 6.68. The summed E-state index contributed by atoms with van der Waals surface area (Å²) in [7, 11) is 0. The van der Waals surface area contributed by atoms with Crippen LogP contribution in [0.1, 0.15) is 16.5 Å². The number of phenols is 1. The molecular formula is C11H11Cl2NOS. The number of rotatable bonds is 2. The zero-order valence-corrected chi connectivity index (χ0v) is 10.6. The maximum absolute atomic E-state index is 9.76. The average molecular weight is 276 g/mol. The van der Waals surface area contributed by atoms with Crippen molar-refractivity contribution < 1.29 is 5.11 Å². The van der Waals surface area contributed by atoms with Gasteiger partial charge in [-0.05, 0) is 17.5 Å². The minimum Gasteiger partial charge on any atom is -0.506 e. The maximum atomic E-state index is 9.76. The number of halogens is 2. The van der Waals surface area contributed by atoms with Crippen molar-refractivity contribution in [2.45, 2.75) is 6.04 Å². The second-order valence-corrected chi connectivity index (χ2v) is 4.56. The molecule has 0 fully saturated rings. The molecule has 0 unspecified atom stereocenters. The lowest BCUT2D eigenvalue weighted by Gasteiger charge is -2.12. The highest BCUT2D eigenvalue weighted by Crippen LogP contribution is 2.34. The Labute approximate surface area is 109 Å². The van der Waals surface area contributed by atoms with E-state index in [0.29, 0.717) is 10.6 Å². The van der Waals surface area contributed by atoms with Crippen LogP contribution in [-0.4, -0.2) is 5.11 Å². The second-order valence-electron chi connectivity index (χ2n) is 3.17. The Morgan fingerprint density at radius 2 is 2.00 bits per heavy atom. The lowest BCUT2D eigenvalue weighted by molar-refractivity contribution is 0.466. The molecule has 5 heteroatoms. The molecule has 1 aromatic heterocycles. The van der Waals surface area contributed by atoms with Gasteiger partial charge < -0.3 is 10.8 Å². The number of para-hydroxylation sites is 1. The average Bonchev–Trinajstić information content (AvgIpc) is 2.74. The molecule has 3 N–H and O–H groups in total. The molecule has 1 aromatic carbocycles. The van der Waals surface area contributed by atoms with Crippen molar-refractivity contribution >= 4 is 35.3 Å². The predicted octanol–water partition coefficient (Wildman–Crippen LogP) is 3.58. The molecule has 2 rings (SSSR count). The van der Waals surface area contributed by atoms with Crippen LogP contribution in [0.25, 0.3) is 0 Å². The summed E-state index contributed by atoms with van der Waals surface area (Å²) < 4.78 is 0. The number of hydrogen-bond donors (Lipinski definition) is 2. The molecule has 1 atom stereocenters. The van der Waals surface area contributed by atoms with Gasteiger partial charge in [-0.25, -0.2) is 0 Å². The highest BCUT2D eigenvalue weighted by Gasteiger charge is 2.15. The van der Waals surface area contributed by atoms with Gasteiger partial charge in [-0.2, -0.15) is 0 Å². The molecule has 1 heterocycles. The van der Waals surface area contributed by atoms with Crippen LogP contribution in [-0.2, 0) is 0 Å². The lowest BCUT2D eigenvalue weighted by atomic mass is 10.1. The van der Waals surface area contributed by atoms with E-state index in [4.69, 9.17) is 17.3 Å². The number of benzene rings is 1. The minimum atomic E-state index is -0.316. The molecule has 2 aromatic rings. The Morgan fingerprint density at radius 1 is 1.25 bits per heavy atom. The van der Waals surface area contributed by atoms with E-state index in [1.807, 2.05) is 17.5 Å². The molecule has 0 spiro atoms. The van der Waals surface area contributed by atoms with Crippen molar-refractivity contribution in [3.63, 3.8) is 0 Å². The summed E-state index contributed by atoms with van der Waals surface area (Å²) in [5.74, 6) is 0.0695. The van der Waals surface area contributed by atoms with Crippen LogP contribution in [0, 0.1) is 0 Å². The molecule has 2 nitrogen and oxygen atoms in total. The molecule has 0 aliphatic carbocycles. The molecule has 16 heavy (non-hydrogen) atoms. The number of hydrogen-bond acceptors (Lipinski definition) is 3. The molecule has 0 saturated carbocycles. The van der Waals surface area contributed by atoms with Gasteiger partial charge in [-0.1, -0.05) is 29.8 Å². The van der Waals surface area contributed by atoms with Crippen molar-refractivity contribution in [2.75, 3.05) is 0 Å². The van der Waals surface area contributed by atoms with Gasteiger partial charge in [0.2, 0.25) is 0 Å². The lowest BCUT2D eigenvalue weighted by Crippen LogP contribution is -2.10. The third-order valence-corrected chi connectivity index (χ3v) is 3.46. The van der Waals surface area contributed by atoms with Crippen molar-refractivity contribution in [3.8, 4) is 5.75 Å². The summed E-state index contributed by atoms with van der Waals surface area (Å²) in [6.45, 7) is 0. The van der Waals surface area contributed by atoms with Crippen molar-refractivity contribution in [1.82, 2.24) is 0 Å². The molecular weight excluding hydrogens is 265 g/mol. The zero-order valence-electron chi connectivity index (χ0n) is 8.26. The van der Waals surface area contributed by atoms with Crippen molar-refractivity contribution in [2.24, 2.45) is 5.73 Å². The molecule has 0 radical (unpaired) electrons. The summed E-state index contributed by atoms with van der Waals surface area (Å²) in [6, 6.07) is 8.76. The Bertz CT molecular complexity index is 459. The smallest absolute Gasteiger partial charge is 0.139 e. The van der Waals surface area contributed by atoms with Gasteiger partial charge in [0.05, 0.1) is 11.1 Å². The highest BCUT2D eigenvalue weighted by molar-refractivity contribution is 7.10. The second kappa shape index (κ2) is 5.55. The normalized spacial score (nSPS) is 11.9. The van der Waals surface area contributed by atoms with Gasteiger partial charge >= 0.3 is 0 Å². The van der Waals surface area contributed by atoms with Crippen LogP contribution in [0.5, 0.6) is 5.75 Å². The van der Waals surface area contributed by atoms with Gasteiger partial charge in [0, 0.05) is 10.4 Å². The van der Waals surface area contributed by atoms with Crippen LogP contribution in [0.4, 0.5) is 0 Å². The Kier molecular flexibility index (Phi) is 4.62. The maximum Gasteiger partial charge on any atom is 0.139 e. The summed E-state index contributed by atoms with van der Waals surface area (Å²) >= 11 is 7.38. The quantitative estimate of drug-likeness (QED) is 0.880. The van der Waals surface area contributed by atoms with Crippen LogP contribution >= 0.6 is 35.3 Å². The third kappa shape index (κ3) is 2.50. The molecule has 0 aliphatic heterocycles. The van der Waals surface area contributed by atoms with Crippen molar-refractivity contribution in [3.05, 3.63) is 51.2 Å². The first kappa shape index (κ1) is 13.3. The minimum absolute atomic E-state index is 0. The SMILES string of the molecule is Cl.N[C@H](c1cccs1)c1cccc(Cl)c1O. The van der Waals surface area contributed by atoms with Gasteiger partial charge in [0.15, 0.2) is 0 Å². The molecule has 0 aliphatic rings. The van der Waals surface area contributed by atoms with E-state index in [1.54, 1.807) is 29.5 Å². The first-order valence-electron chi connectivity index (χ1n) is 4.46. The van der Waals surface area contributed by atoms with E-state index in [2.05, 4.69) is 0 Å². The predicted molar refractivity (Wildman–Crippen MR) is 70.7 cm³/mol. The molecule has 0 saturated heterocycles. The number of aromatic hydroxyl groups is 1. The van der Waals surface area contributed by atoms with E-state index in [1.165, 1.54) is 0 Å². The first-order chi connectivity index (χ1) is 7.20. The van der Waals surface area contributed by atoms with E-state index in [-0.39, 0.29) is 24.2 Å². The monoisotopic (exact) mass is 275 g/mol. The zero-order chi connectivity index (χ0) is 10.8. The van der Waals surface area contributed by atoms with E-state index in [9.17, 15) is 5.11 Å². The highest BCUT2D eigenvalue weighted by atomic mass is 35.5. The van der Waals surface area contributed by atoms with Crippen LogP contribution in [0.15, 0.2) is 35.7 Å². The molecule has 0 amide bonds. The third-order valence-electron chi connectivity index (χ3n) is 2.20. The van der Waals surface area contributed by atoms with Crippen LogP contribution in [0.3, 0.4) is 0 Å². The van der Waals surface area contributed by atoms with E-state index in [0.717, 1.165) is 4.88 Å². The standard InChI is InChI=1S/C11H10ClNOS.ClH/c12-8-4-1-3-7(11(8)14)10(13)9-5-2-6-15-9;/h1-6,10,14H,13H2;1H/t10-;/m0./s1. The summed E-state index contributed by atoms with van der Waals surface area (Å²) in [4.78, 5) is 1.01. The molecule has 0 bridgehead atoms. The number of thiophene rings is 1. The van der Waals surface area contributed by atoms with E-state index < -0.39 is 0 Å². The topological polar surface area (TPSA) is 46.2 Å². The Hall–Kier alpha value is -0.740. The summed E-state index contributed by atoms with van der Waals surface area (Å²) in [6.07, 6.45) is 0.